The molecule has 0 aromatic carbocycles. The first kappa shape index (κ1) is 16.4. The number of hydrogen-bond acceptors (Lipinski definition) is 6. The number of halogens is 1. The molecule has 20 heavy (non-hydrogen) atoms. The highest BCUT2D eigenvalue weighted by Gasteiger charge is 2.21. The molecule has 0 bridgehead atoms. The van der Waals surface area contributed by atoms with E-state index in [4.69, 9.17) is 5.11 Å². The van der Waals surface area contributed by atoms with Gasteiger partial charge >= 0.3 is 18.0 Å². The van der Waals surface area contributed by atoms with Crippen molar-refractivity contribution in [3.8, 4) is 0 Å². The zero-order valence-electron chi connectivity index (χ0n) is 10.4. The first-order chi connectivity index (χ1) is 9.42. The Bertz CT molecular complexity index is 507. The molecule has 1 aromatic heterocycles. The molecular formula is C10H12BrN3O5S. The van der Waals surface area contributed by atoms with E-state index in [2.05, 4.69) is 36.3 Å². The zero-order valence-corrected chi connectivity index (χ0v) is 12.8. The van der Waals surface area contributed by atoms with E-state index in [9.17, 15) is 14.4 Å². The van der Waals surface area contributed by atoms with Crippen molar-refractivity contribution in [1.29, 1.82) is 0 Å². The molecule has 3 N–H and O–H groups in total. The maximum atomic E-state index is 11.6. The Hall–Kier alpha value is -1.68. The number of nitrogens with zero attached hydrogens (tertiary/aromatic N) is 1. The maximum absolute atomic E-state index is 11.6. The van der Waals surface area contributed by atoms with Gasteiger partial charge in [0.1, 0.15) is 6.04 Å². The van der Waals surface area contributed by atoms with Crippen molar-refractivity contribution in [2.45, 2.75) is 18.9 Å². The van der Waals surface area contributed by atoms with Crippen LogP contribution in [0.15, 0.2) is 9.98 Å². The van der Waals surface area contributed by atoms with Crippen LogP contribution >= 0.6 is 27.3 Å². The molecular weight excluding hydrogens is 354 g/mol. The second-order valence-electron chi connectivity index (χ2n) is 3.57. The number of anilines is 1. The summed E-state index contributed by atoms with van der Waals surface area (Å²) in [7, 11) is 1.21. The van der Waals surface area contributed by atoms with Gasteiger partial charge in [0, 0.05) is 6.42 Å². The fourth-order valence-electron chi connectivity index (χ4n) is 1.23. The second kappa shape index (κ2) is 7.80. The molecule has 0 unspecified atom stereocenters. The van der Waals surface area contributed by atoms with Gasteiger partial charge in [0.15, 0.2) is 5.13 Å². The van der Waals surface area contributed by atoms with Crippen molar-refractivity contribution in [1.82, 2.24) is 10.3 Å². The molecule has 0 aliphatic carbocycles. The van der Waals surface area contributed by atoms with Gasteiger partial charge in [0.05, 0.1) is 17.1 Å². The van der Waals surface area contributed by atoms with Crippen molar-refractivity contribution < 1.29 is 24.2 Å². The van der Waals surface area contributed by atoms with Gasteiger partial charge in [-0.3, -0.25) is 10.1 Å². The van der Waals surface area contributed by atoms with Crippen LogP contribution in [0.25, 0.3) is 0 Å². The summed E-state index contributed by atoms with van der Waals surface area (Å²) in [5.41, 5.74) is 0. The SMILES string of the molecule is COC(=O)CC[C@@H](NC(=O)Nc1ncc(Br)s1)C(=O)O. The van der Waals surface area contributed by atoms with Crippen LogP contribution in [-0.2, 0) is 14.3 Å². The summed E-state index contributed by atoms with van der Waals surface area (Å²) in [6, 6.07) is -1.89. The number of hydrogen-bond donors (Lipinski definition) is 3. The van der Waals surface area contributed by atoms with Crippen LogP contribution in [-0.4, -0.2) is 41.2 Å². The number of rotatable bonds is 6. The number of ether oxygens (including phenoxy) is 1. The highest BCUT2D eigenvalue weighted by Crippen LogP contribution is 2.22. The Labute approximate surface area is 126 Å². The van der Waals surface area contributed by atoms with Crippen LogP contribution in [0.3, 0.4) is 0 Å². The summed E-state index contributed by atoms with van der Waals surface area (Å²) in [6.45, 7) is 0. The van der Waals surface area contributed by atoms with E-state index in [-0.39, 0.29) is 12.8 Å². The van der Waals surface area contributed by atoms with Gasteiger partial charge in [-0.1, -0.05) is 11.3 Å². The Balaban J connectivity index is 2.50. The van der Waals surface area contributed by atoms with E-state index < -0.39 is 24.0 Å². The standard InChI is InChI=1S/C10H12BrN3O5S/c1-19-7(15)3-2-5(8(16)17)13-9(18)14-10-12-4-6(11)20-10/h4-5H,2-3H2,1H3,(H,16,17)(H2,12,13,14,18)/t5-/m1/s1. The molecule has 10 heteroatoms. The van der Waals surface area contributed by atoms with Gasteiger partial charge in [-0.15, -0.1) is 0 Å². The summed E-state index contributed by atoms with van der Waals surface area (Å²) >= 11 is 4.37. The first-order valence-corrected chi connectivity index (χ1v) is 7.01. The lowest BCUT2D eigenvalue weighted by Crippen LogP contribution is -2.43. The third-order valence-electron chi connectivity index (χ3n) is 2.17. The number of methoxy groups -OCH3 is 1. The molecule has 0 spiro atoms. The molecule has 0 saturated heterocycles. The summed E-state index contributed by atoms with van der Waals surface area (Å²) in [6.07, 6.45) is 1.35. The number of thiazole rings is 1. The molecule has 1 rings (SSSR count). The molecule has 1 heterocycles. The topological polar surface area (TPSA) is 118 Å². The molecule has 1 aromatic rings. The predicted molar refractivity (Wildman–Crippen MR) is 74.6 cm³/mol. The van der Waals surface area contributed by atoms with Gasteiger partial charge < -0.3 is 15.2 Å². The van der Waals surface area contributed by atoms with Crippen LogP contribution in [0.1, 0.15) is 12.8 Å². The number of amides is 2. The minimum Gasteiger partial charge on any atom is -0.480 e. The zero-order chi connectivity index (χ0) is 15.1. The van der Waals surface area contributed by atoms with E-state index in [1.54, 1.807) is 0 Å². The largest absolute Gasteiger partial charge is 0.480 e. The van der Waals surface area contributed by atoms with Crippen molar-refractivity contribution in [2.24, 2.45) is 0 Å². The van der Waals surface area contributed by atoms with Crippen molar-refractivity contribution in [3.63, 3.8) is 0 Å². The molecule has 8 nitrogen and oxygen atoms in total. The molecule has 1 atom stereocenters. The average molecular weight is 366 g/mol. The number of aliphatic carboxylic acids is 1. The number of esters is 1. The Morgan fingerprint density at radius 1 is 1.55 bits per heavy atom. The number of carboxylic acids is 1. The van der Waals surface area contributed by atoms with Crippen molar-refractivity contribution in [3.05, 3.63) is 9.98 Å². The summed E-state index contributed by atoms with van der Waals surface area (Å²) in [4.78, 5) is 37.4. The fraction of sp³-hybridized carbons (Fsp3) is 0.400. The van der Waals surface area contributed by atoms with Gasteiger partial charge in [-0.05, 0) is 22.4 Å². The molecule has 0 radical (unpaired) electrons. The Morgan fingerprint density at radius 3 is 2.75 bits per heavy atom. The quantitative estimate of drug-likeness (QED) is 0.656. The van der Waals surface area contributed by atoms with Crippen LogP contribution in [0.5, 0.6) is 0 Å². The molecule has 0 saturated carbocycles. The molecule has 2 amide bonds. The molecule has 0 aliphatic heterocycles. The fourth-order valence-corrected chi connectivity index (χ4v) is 2.33. The van der Waals surface area contributed by atoms with Crippen LogP contribution in [0, 0.1) is 0 Å². The molecule has 0 fully saturated rings. The van der Waals surface area contributed by atoms with Crippen LogP contribution in [0.2, 0.25) is 0 Å². The third kappa shape index (κ3) is 5.53. The predicted octanol–water partition coefficient (Wildman–Crippen LogP) is 1.43. The summed E-state index contributed by atoms with van der Waals surface area (Å²) < 4.78 is 5.14. The van der Waals surface area contributed by atoms with E-state index in [1.165, 1.54) is 24.6 Å². The lowest BCUT2D eigenvalue weighted by Gasteiger charge is -2.13. The second-order valence-corrected chi connectivity index (χ2v) is 5.98. The number of carbonyl (C=O) groups excluding carboxylic acids is 2. The van der Waals surface area contributed by atoms with Gasteiger partial charge in [-0.25, -0.2) is 14.6 Å². The monoisotopic (exact) mass is 365 g/mol. The van der Waals surface area contributed by atoms with Crippen molar-refractivity contribution in [2.75, 3.05) is 12.4 Å². The van der Waals surface area contributed by atoms with Crippen molar-refractivity contribution >= 4 is 50.4 Å². The van der Waals surface area contributed by atoms with E-state index in [1.807, 2.05) is 0 Å². The number of urea groups is 1. The average Bonchev–Trinajstić information content (AvgIpc) is 2.78. The number of aromatic nitrogens is 1. The first-order valence-electron chi connectivity index (χ1n) is 5.41. The lowest BCUT2D eigenvalue weighted by atomic mass is 10.1. The minimum absolute atomic E-state index is 0.0585. The normalized spacial score (nSPS) is 11.5. The van der Waals surface area contributed by atoms with E-state index in [0.29, 0.717) is 5.13 Å². The van der Waals surface area contributed by atoms with Crippen LogP contribution in [0.4, 0.5) is 9.93 Å². The van der Waals surface area contributed by atoms with Gasteiger partial charge in [0.2, 0.25) is 0 Å². The van der Waals surface area contributed by atoms with Gasteiger partial charge in [0.25, 0.3) is 0 Å². The third-order valence-corrected chi connectivity index (χ3v) is 3.56. The minimum atomic E-state index is -1.23. The summed E-state index contributed by atoms with van der Waals surface area (Å²) in [5, 5.41) is 13.9. The Kier molecular flexibility index (Phi) is 6.39. The Morgan fingerprint density at radius 2 is 2.25 bits per heavy atom. The molecule has 0 aliphatic rings. The number of carbonyl (C=O) groups is 3. The number of carboxylic acid groups (broad SMARTS) is 1. The smallest absolute Gasteiger partial charge is 0.326 e. The molecule has 110 valence electrons. The lowest BCUT2D eigenvalue weighted by molar-refractivity contribution is -0.142. The number of nitrogens with one attached hydrogen (secondary N) is 2. The highest BCUT2D eigenvalue weighted by atomic mass is 79.9. The van der Waals surface area contributed by atoms with E-state index in [0.717, 1.165) is 3.79 Å². The van der Waals surface area contributed by atoms with E-state index >= 15 is 0 Å². The van der Waals surface area contributed by atoms with Gasteiger partial charge in [-0.2, -0.15) is 0 Å². The highest BCUT2D eigenvalue weighted by molar-refractivity contribution is 9.11. The summed E-state index contributed by atoms with van der Waals surface area (Å²) in [5.74, 6) is -1.77. The maximum Gasteiger partial charge on any atom is 0.326 e. The van der Waals surface area contributed by atoms with Crippen LogP contribution < -0.4 is 10.6 Å².